The lowest BCUT2D eigenvalue weighted by atomic mass is 9.85. The van der Waals surface area contributed by atoms with Crippen molar-refractivity contribution in [3.8, 4) is 22.4 Å². The molecule has 0 atom stereocenters. The molecular weight excluding hydrogens is 419 g/mol. The molecular formula is C26H27FN4O2. The summed E-state index contributed by atoms with van der Waals surface area (Å²) in [7, 11) is 3.37. The van der Waals surface area contributed by atoms with E-state index in [4.69, 9.17) is 22.0 Å². The van der Waals surface area contributed by atoms with Gasteiger partial charge in [0, 0.05) is 31.7 Å². The van der Waals surface area contributed by atoms with Crippen LogP contribution in [0.1, 0.15) is 43.0 Å². The molecule has 0 amide bonds. The van der Waals surface area contributed by atoms with Crippen LogP contribution < -0.4 is 11.3 Å². The van der Waals surface area contributed by atoms with Crippen LogP contribution in [0.2, 0.25) is 0 Å². The standard InChI is InChI=1S/C26H27FN4O2/c1-29-22-13-10-19(14-21(22)27)24-23(17-6-4-16(5-7-17)15-33-3)26(32)31(2)25(30-24)18-8-11-20(28)12-9-18/h4-7,10,13-14,18,20H,8-9,11-12,15,28H2,2-3H3. The minimum Gasteiger partial charge on any atom is -0.380 e. The van der Waals surface area contributed by atoms with Gasteiger partial charge < -0.3 is 10.5 Å². The second-order valence-electron chi connectivity index (χ2n) is 8.58. The van der Waals surface area contributed by atoms with Crippen molar-refractivity contribution in [2.75, 3.05) is 7.11 Å². The van der Waals surface area contributed by atoms with Gasteiger partial charge in [-0.1, -0.05) is 36.4 Å². The number of ether oxygens (including phenoxy) is 1. The molecule has 1 aliphatic carbocycles. The third-order valence-corrected chi connectivity index (χ3v) is 6.36. The fourth-order valence-electron chi connectivity index (χ4n) is 4.51. The van der Waals surface area contributed by atoms with Gasteiger partial charge in [0.25, 0.3) is 5.56 Å². The fraction of sp³-hybridized carbons (Fsp3) is 0.346. The van der Waals surface area contributed by atoms with E-state index in [1.165, 1.54) is 12.1 Å². The lowest BCUT2D eigenvalue weighted by Crippen LogP contribution is -2.31. The Kier molecular flexibility index (Phi) is 6.68. The average Bonchev–Trinajstić information content (AvgIpc) is 2.82. The van der Waals surface area contributed by atoms with Gasteiger partial charge in [-0.05, 0) is 42.9 Å². The molecule has 1 aromatic heterocycles. The first-order valence-corrected chi connectivity index (χ1v) is 11.0. The molecule has 2 aromatic carbocycles. The minimum absolute atomic E-state index is 0.0606. The van der Waals surface area contributed by atoms with Gasteiger partial charge in [0.15, 0.2) is 0 Å². The first kappa shape index (κ1) is 22.8. The Morgan fingerprint density at radius 1 is 1.15 bits per heavy atom. The van der Waals surface area contributed by atoms with Crippen molar-refractivity contribution in [3.05, 3.63) is 81.4 Å². The van der Waals surface area contributed by atoms with Crippen LogP contribution in [-0.4, -0.2) is 22.7 Å². The van der Waals surface area contributed by atoms with Gasteiger partial charge in [-0.3, -0.25) is 9.36 Å². The zero-order chi connectivity index (χ0) is 23.5. The largest absolute Gasteiger partial charge is 0.380 e. The summed E-state index contributed by atoms with van der Waals surface area (Å²) >= 11 is 0. The van der Waals surface area contributed by atoms with Crippen LogP contribution >= 0.6 is 0 Å². The Hall–Kier alpha value is -3.34. The Labute approximate surface area is 192 Å². The number of nitrogens with zero attached hydrogens (tertiary/aromatic N) is 3. The second-order valence-corrected chi connectivity index (χ2v) is 8.58. The molecule has 1 fully saturated rings. The zero-order valence-corrected chi connectivity index (χ0v) is 18.8. The van der Waals surface area contributed by atoms with E-state index >= 15 is 0 Å². The number of aromatic nitrogens is 2. The summed E-state index contributed by atoms with van der Waals surface area (Å²) in [5.74, 6) is 0.180. The normalized spacial score (nSPS) is 18.2. The quantitative estimate of drug-likeness (QED) is 0.564. The number of rotatable bonds is 5. The van der Waals surface area contributed by atoms with E-state index in [1.54, 1.807) is 24.8 Å². The summed E-state index contributed by atoms with van der Waals surface area (Å²) in [4.78, 5) is 21.8. The molecule has 3 aromatic rings. The predicted octanol–water partition coefficient (Wildman–Crippen LogP) is 4.94. The Morgan fingerprint density at radius 3 is 2.42 bits per heavy atom. The highest BCUT2D eigenvalue weighted by Crippen LogP contribution is 2.35. The lowest BCUT2D eigenvalue weighted by Gasteiger charge is -2.27. The van der Waals surface area contributed by atoms with E-state index in [0.717, 1.165) is 31.2 Å². The van der Waals surface area contributed by atoms with Gasteiger partial charge in [-0.2, -0.15) is 0 Å². The molecule has 0 saturated heterocycles. The SMILES string of the molecule is [C-]#[N+]c1ccc(-c2nc(C3CCC(N)CC3)n(C)c(=O)c2-c2ccc(COC)cc2)cc1F. The van der Waals surface area contributed by atoms with Gasteiger partial charge in [0.2, 0.25) is 5.69 Å². The maximum absolute atomic E-state index is 14.5. The molecule has 0 spiro atoms. The maximum atomic E-state index is 14.5. The van der Waals surface area contributed by atoms with Crippen molar-refractivity contribution in [3.63, 3.8) is 0 Å². The summed E-state index contributed by atoms with van der Waals surface area (Å²) < 4.78 is 21.3. The van der Waals surface area contributed by atoms with E-state index in [2.05, 4.69) is 4.85 Å². The molecule has 170 valence electrons. The molecule has 2 N–H and O–H groups in total. The monoisotopic (exact) mass is 446 g/mol. The van der Waals surface area contributed by atoms with Crippen molar-refractivity contribution in [1.82, 2.24) is 9.55 Å². The molecule has 0 aliphatic heterocycles. The van der Waals surface area contributed by atoms with Crippen molar-refractivity contribution in [2.45, 2.75) is 44.2 Å². The van der Waals surface area contributed by atoms with E-state index in [0.29, 0.717) is 34.8 Å². The van der Waals surface area contributed by atoms with Crippen LogP contribution in [0.25, 0.3) is 27.2 Å². The summed E-state index contributed by atoms with van der Waals surface area (Å²) in [5, 5.41) is 0. The molecule has 4 rings (SSSR count). The number of hydrogen-bond donors (Lipinski definition) is 1. The summed E-state index contributed by atoms with van der Waals surface area (Å²) in [6.45, 7) is 7.60. The molecule has 0 radical (unpaired) electrons. The first-order valence-electron chi connectivity index (χ1n) is 11.0. The third-order valence-electron chi connectivity index (χ3n) is 6.36. The number of halogens is 1. The van der Waals surface area contributed by atoms with Crippen molar-refractivity contribution >= 4 is 5.69 Å². The second kappa shape index (κ2) is 9.65. The summed E-state index contributed by atoms with van der Waals surface area (Å²) in [5.41, 5.74) is 8.83. The zero-order valence-electron chi connectivity index (χ0n) is 18.8. The lowest BCUT2D eigenvalue weighted by molar-refractivity contribution is 0.185. The predicted molar refractivity (Wildman–Crippen MR) is 126 cm³/mol. The number of hydrogen-bond acceptors (Lipinski definition) is 4. The van der Waals surface area contributed by atoms with E-state index in [-0.39, 0.29) is 23.2 Å². The topological polar surface area (TPSA) is 74.5 Å². The highest BCUT2D eigenvalue weighted by molar-refractivity contribution is 5.81. The van der Waals surface area contributed by atoms with Gasteiger partial charge in [0.1, 0.15) is 11.6 Å². The van der Waals surface area contributed by atoms with Gasteiger partial charge in [0.05, 0.1) is 24.4 Å². The van der Waals surface area contributed by atoms with E-state index in [9.17, 15) is 9.18 Å². The minimum atomic E-state index is -0.628. The van der Waals surface area contributed by atoms with Crippen molar-refractivity contribution < 1.29 is 9.13 Å². The first-order chi connectivity index (χ1) is 15.9. The molecule has 33 heavy (non-hydrogen) atoms. The van der Waals surface area contributed by atoms with Crippen LogP contribution in [0.15, 0.2) is 47.3 Å². The maximum Gasteiger partial charge on any atom is 0.261 e. The summed E-state index contributed by atoms with van der Waals surface area (Å²) in [6, 6.07) is 12.1. The van der Waals surface area contributed by atoms with Gasteiger partial charge in [-0.15, -0.1) is 0 Å². The van der Waals surface area contributed by atoms with Crippen LogP contribution in [0.3, 0.4) is 0 Å². The number of benzene rings is 2. The third kappa shape index (κ3) is 4.58. The van der Waals surface area contributed by atoms with Crippen LogP contribution in [-0.2, 0) is 18.4 Å². The molecule has 6 nitrogen and oxygen atoms in total. The van der Waals surface area contributed by atoms with Crippen molar-refractivity contribution in [1.29, 1.82) is 0 Å². The van der Waals surface area contributed by atoms with Crippen LogP contribution in [0.4, 0.5) is 10.1 Å². The highest BCUT2D eigenvalue weighted by Gasteiger charge is 2.26. The average molecular weight is 447 g/mol. The summed E-state index contributed by atoms with van der Waals surface area (Å²) in [6.07, 6.45) is 3.48. The van der Waals surface area contributed by atoms with E-state index in [1.807, 2.05) is 24.3 Å². The van der Waals surface area contributed by atoms with Crippen LogP contribution in [0.5, 0.6) is 0 Å². The molecule has 1 saturated carbocycles. The van der Waals surface area contributed by atoms with E-state index < -0.39 is 5.82 Å². The molecule has 7 heteroatoms. The molecule has 0 bridgehead atoms. The van der Waals surface area contributed by atoms with Gasteiger partial charge in [-0.25, -0.2) is 14.2 Å². The fourth-order valence-corrected chi connectivity index (χ4v) is 4.51. The number of methoxy groups -OCH3 is 1. The Morgan fingerprint density at radius 2 is 1.82 bits per heavy atom. The molecule has 0 unspecified atom stereocenters. The highest BCUT2D eigenvalue weighted by atomic mass is 19.1. The Bertz CT molecular complexity index is 1250. The number of nitrogens with two attached hydrogens (primary N) is 1. The molecule has 1 heterocycles. The Balaban J connectivity index is 1.91. The van der Waals surface area contributed by atoms with Crippen molar-refractivity contribution in [2.24, 2.45) is 12.8 Å². The smallest absolute Gasteiger partial charge is 0.261 e. The van der Waals surface area contributed by atoms with Crippen LogP contribution in [0, 0.1) is 12.4 Å². The van der Waals surface area contributed by atoms with Gasteiger partial charge >= 0.3 is 0 Å². The molecule has 1 aliphatic rings.